The molecule has 1 saturated carbocycles. The van der Waals surface area contributed by atoms with Crippen molar-refractivity contribution in [3.05, 3.63) is 11.5 Å². The Hall–Kier alpha value is -1.43. The van der Waals surface area contributed by atoms with E-state index in [1.807, 2.05) is 4.57 Å². The van der Waals surface area contributed by atoms with Crippen molar-refractivity contribution in [3.63, 3.8) is 0 Å². The Morgan fingerprint density at radius 2 is 2.36 bits per heavy atom. The van der Waals surface area contributed by atoms with Crippen LogP contribution in [-0.2, 0) is 13.0 Å². The molecule has 3 nitrogen and oxygen atoms in total. The smallest absolute Gasteiger partial charge is 0.127 e. The van der Waals surface area contributed by atoms with Crippen LogP contribution in [0.1, 0.15) is 37.2 Å². The Balaban J connectivity index is 2.40. The molecule has 1 heterocycles. The molecule has 1 aromatic rings. The molecule has 74 valence electrons. The maximum Gasteiger partial charge on any atom is 0.127 e. The number of terminal acetylenes is 1. The number of nitrogen functional groups attached to an aromatic ring is 1. The number of hydrogen-bond donors (Lipinski definition) is 1. The average molecular weight is 189 g/mol. The Kier molecular flexibility index (Phi) is 2.20. The predicted molar refractivity (Wildman–Crippen MR) is 56.8 cm³/mol. The molecule has 0 aromatic carbocycles. The zero-order chi connectivity index (χ0) is 10.1. The summed E-state index contributed by atoms with van der Waals surface area (Å²) in [5.41, 5.74) is 7.08. The molecule has 0 radical (unpaired) electrons. The summed E-state index contributed by atoms with van der Waals surface area (Å²) in [5.74, 6) is 5.01. The molecule has 0 amide bonds. The third-order valence-electron chi connectivity index (χ3n) is 2.64. The highest BCUT2D eigenvalue weighted by Gasteiger charge is 2.29. The molecule has 0 saturated heterocycles. The van der Waals surface area contributed by atoms with E-state index in [2.05, 4.69) is 17.8 Å². The van der Waals surface area contributed by atoms with Gasteiger partial charge in [-0.1, -0.05) is 12.8 Å². The maximum absolute atomic E-state index is 6.01. The first-order chi connectivity index (χ1) is 6.77. The van der Waals surface area contributed by atoms with Crippen LogP contribution in [0, 0.1) is 12.3 Å². The number of rotatable bonds is 3. The highest BCUT2D eigenvalue weighted by molar-refractivity contribution is 5.43. The van der Waals surface area contributed by atoms with Crippen molar-refractivity contribution < 1.29 is 0 Å². The van der Waals surface area contributed by atoms with Crippen LogP contribution in [0.25, 0.3) is 0 Å². The van der Waals surface area contributed by atoms with Crippen molar-refractivity contribution in [3.8, 4) is 12.3 Å². The number of aryl methyl sites for hydroxylation is 1. The normalized spacial score (nSPS) is 15.4. The largest absolute Gasteiger partial charge is 0.384 e. The molecule has 2 N–H and O–H groups in total. The molecule has 0 unspecified atom stereocenters. The summed E-state index contributed by atoms with van der Waals surface area (Å²) in [6, 6.07) is 0. The number of nitrogens with zero attached hydrogens (tertiary/aromatic N) is 2. The third-order valence-corrected chi connectivity index (χ3v) is 2.64. The van der Waals surface area contributed by atoms with Gasteiger partial charge >= 0.3 is 0 Å². The van der Waals surface area contributed by atoms with Crippen molar-refractivity contribution >= 4 is 5.82 Å². The van der Waals surface area contributed by atoms with Crippen molar-refractivity contribution in [1.82, 2.24) is 9.55 Å². The Morgan fingerprint density at radius 3 is 2.86 bits per heavy atom. The first-order valence-electron chi connectivity index (χ1n) is 5.06. The first kappa shape index (κ1) is 9.14. The van der Waals surface area contributed by atoms with Gasteiger partial charge in [0.15, 0.2) is 0 Å². The summed E-state index contributed by atoms with van der Waals surface area (Å²) < 4.78 is 1.95. The second-order valence-electron chi connectivity index (χ2n) is 3.72. The summed E-state index contributed by atoms with van der Waals surface area (Å²) in [4.78, 5) is 4.55. The van der Waals surface area contributed by atoms with Crippen LogP contribution in [0.2, 0.25) is 0 Å². The van der Waals surface area contributed by atoms with Crippen molar-refractivity contribution in [1.29, 1.82) is 0 Å². The highest BCUT2D eigenvalue weighted by atomic mass is 15.1. The number of anilines is 1. The molecule has 0 atom stereocenters. The topological polar surface area (TPSA) is 43.8 Å². The fourth-order valence-electron chi connectivity index (χ4n) is 1.73. The van der Waals surface area contributed by atoms with Gasteiger partial charge in [-0.25, -0.2) is 4.98 Å². The van der Waals surface area contributed by atoms with E-state index < -0.39 is 0 Å². The molecule has 0 aliphatic heterocycles. The molecule has 0 spiro atoms. The lowest BCUT2D eigenvalue weighted by atomic mass is 10.3. The highest BCUT2D eigenvalue weighted by Crippen LogP contribution is 2.42. The second kappa shape index (κ2) is 3.38. The van der Waals surface area contributed by atoms with Crippen LogP contribution in [0.5, 0.6) is 0 Å². The van der Waals surface area contributed by atoms with Gasteiger partial charge < -0.3 is 10.3 Å². The fraction of sp³-hybridized carbons (Fsp3) is 0.545. The summed E-state index contributed by atoms with van der Waals surface area (Å²) in [6.07, 6.45) is 8.63. The van der Waals surface area contributed by atoms with Gasteiger partial charge in [-0.3, -0.25) is 0 Å². The van der Waals surface area contributed by atoms with Gasteiger partial charge in [0.1, 0.15) is 11.6 Å². The lowest BCUT2D eigenvalue weighted by molar-refractivity contribution is 0.769. The second-order valence-corrected chi connectivity index (χ2v) is 3.72. The van der Waals surface area contributed by atoms with Crippen molar-refractivity contribution in [2.75, 3.05) is 5.73 Å². The quantitative estimate of drug-likeness (QED) is 0.733. The molecule has 1 aliphatic rings. The van der Waals surface area contributed by atoms with Gasteiger partial charge in [0.2, 0.25) is 0 Å². The van der Waals surface area contributed by atoms with E-state index in [4.69, 9.17) is 12.2 Å². The number of imidazole rings is 1. The molecule has 14 heavy (non-hydrogen) atoms. The van der Waals surface area contributed by atoms with Gasteiger partial charge in [0, 0.05) is 12.3 Å². The molecule has 1 aliphatic carbocycles. The number of hydrogen-bond acceptors (Lipinski definition) is 2. The van der Waals surface area contributed by atoms with Crippen molar-refractivity contribution in [2.45, 2.75) is 38.6 Å². The van der Waals surface area contributed by atoms with Gasteiger partial charge in [0.05, 0.1) is 12.2 Å². The Bertz CT molecular complexity index is 380. The number of nitrogens with two attached hydrogens (primary N) is 1. The minimum Gasteiger partial charge on any atom is -0.384 e. The zero-order valence-corrected chi connectivity index (χ0v) is 8.45. The van der Waals surface area contributed by atoms with Gasteiger partial charge in [0.25, 0.3) is 0 Å². The zero-order valence-electron chi connectivity index (χ0n) is 8.45. The Labute approximate surface area is 84.3 Å². The minimum absolute atomic E-state index is 0.536. The van der Waals surface area contributed by atoms with E-state index in [1.54, 1.807) is 0 Å². The third kappa shape index (κ3) is 1.37. The Morgan fingerprint density at radius 1 is 1.64 bits per heavy atom. The van der Waals surface area contributed by atoms with E-state index in [0.717, 1.165) is 23.8 Å². The molecular formula is C11H15N3. The summed E-state index contributed by atoms with van der Waals surface area (Å²) in [6.45, 7) is 2.61. The molecular weight excluding hydrogens is 174 g/mol. The molecule has 2 rings (SSSR count). The molecule has 1 aromatic heterocycles. The van der Waals surface area contributed by atoms with E-state index in [9.17, 15) is 0 Å². The molecule has 0 bridgehead atoms. The lowest BCUT2D eigenvalue weighted by Crippen LogP contribution is -2.05. The van der Waals surface area contributed by atoms with E-state index in [-0.39, 0.29) is 0 Å². The van der Waals surface area contributed by atoms with Crippen LogP contribution in [-0.4, -0.2) is 9.55 Å². The van der Waals surface area contributed by atoms with Crippen LogP contribution in [0.4, 0.5) is 5.82 Å². The minimum atomic E-state index is 0.536. The van der Waals surface area contributed by atoms with Crippen LogP contribution >= 0.6 is 0 Å². The molecule has 1 fully saturated rings. The first-order valence-corrected chi connectivity index (χ1v) is 5.06. The predicted octanol–water partition coefficient (Wildman–Crippen LogP) is 1.54. The van der Waals surface area contributed by atoms with Gasteiger partial charge in [-0.15, -0.1) is 6.42 Å². The van der Waals surface area contributed by atoms with Crippen LogP contribution in [0.15, 0.2) is 0 Å². The SMILES string of the molecule is C#CCn1c(CC)nc(C2CC2)c1N. The van der Waals surface area contributed by atoms with Gasteiger partial charge in [-0.05, 0) is 12.8 Å². The molecule has 3 heteroatoms. The maximum atomic E-state index is 6.01. The average Bonchev–Trinajstić information content (AvgIpc) is 2.96. The van der Waals surface area contributed by atoms with Crippen LogP contribution < -0.4 is 5.73 Å². The van der Waals surface area contributed by atoms with Gasteiger partial charge in [-0.2, -0.15) is 0 Å². The van der Waals surface area contributed by atoms with Crippen molar-refractivity contribution in [2.24, 2.45) is 0 Å². The summed E-state index contributed by atoms with van der Waals surface area (Å²) in [7, 11) is 0. The number of aromatic nitrogens is 2. The van der Waals surface area contributed by atoms with Crippen LogP contribution in [0.3, 0.4) is 0 Å². The monoisotopic (exact) mass is 189 g/mol. The summed E-state index contributed by atoms with van der Waals surface area (Å²) in [5, 5.41) is 0. The lowest BCUT2D eigenvalue weighted by Gasteiger charge is -2.03. The van der Waals surface area contributed by atoms with E-state index in [0.29, 0.717) is 12.5 Å². The van der Waals surface area contributed by atoms with E-state index >= 15 is 0 Å². The summed E-state index contributed by atoms with van der Waals surface area (Å²) >= 11 is 0. The fourth-order valence-corrected chi connectivity index (χ4v) is 1.73. The standard InChI is InChI=1S/C11H15N3/c1-3-7-14-9(4-2)13-10(11(14)12)8-5-6-8/h1,8H,4-7,12H2,2H3. The van der Waals surface area contributed by atoms with E-state index in [1.165, 1.54) is 12.8 Å².